The Bertz CT molecular complexity index is 753. The molecule has 0 saturated carbocycles. The maximum atomic E-state index is 12.5. The van der Waals surface area contributed by atoms with Crippen LogP contribution >= 0.6 is 0 Å². The van der Waals surface area contributed by atoms with Gasteiger partial charge in [-0.25, -0.2) is 0 Å². The Morgan fingerprint density at radius 1 is 1.09 bits per heavy atom. The van der Waals surface area contributed by atoms with Gasteiger partial charge < -0.3 is 10.2 Å². The first-order chi connectivity index (χ1) is 10.6. The number of hydrogen-bond donors (Lipinski definition) is 1. The fraction of sp³-hybridized carbons (Fsp3) is 0.222. The van der Waals surface area contributed by atoms with E-state index in [4.69, 9.17) is 0 Å². The fourth-order valence-electron chi connectivity index (χ4n) is 2.89. The normalized spacial score (nSPS) is 12.9. The van der Waals surface area contributed by atoms with E-state index in [0.29, 0.717) is 17.8 Å². The third kappa shape index (κ3) is 2.48. The molecule has 0 saturated heterocycles. The van der Waals surface area contributed by atoms with Crippen LogP contribution in [0.5, 0.6) is 0 Å². The summed E-state index contributed by atoms with van der Waals surface area (Å²) in [5, 5.41) is 2.95. The number of nitrogens with one attached hydrogen (secondary N) is 1. The molecule has 0 spiro atoms. The van der Waals surface area contributed by atoms with Crippen LogP contribution in [0.4, 0.5) is 11.4 Å². The average molecular weight is 294 g/mol. The highest BCUT2D eigenvalue weighted by atomic mass is 16.2. The van der Waals surface area contributed by atoms with Gasteiger partial charge in [0.25, 0.3) is 5.91 Å². The Balaban J connectivity index is 1.94. The molecule has 2 aromatic rings. The highest BCUT2D eigenvalue weighted by molar-refractivity contribution is 6.09. The van der Waals surface area contributed by atoms with Gasteiger partial charge in [-0.05, 0) is 36.6 Å². The molecule has 2 aromatic carbocycles. The van der Waals surface area contributed by atoms with Gasteiger partial charge in [0.05, 0.1) is 11.4 Å². The summed E-state index contributed by atoms with van der Waals surface area (Å²) in [6, 6.07) is 13.2. The summed E-state index contributed by atoms with van der Waals surface area (Å²) in [6.45, 7) is 4.13. The number of anilines is 2. The zero-order valence-corrected chi connectivity index (χ0v) is 12.7. The molecule has 4 heteroatoms. The van der Waals surface area contributed by atoms with Gasteiger partial charge in [-0.1, -0.05) is 30.3 Å². The van der Waals surface area contributed by atoms with E-state index in [9.17, 15) is 9.59 Å². The summed E-state index contributed by atoms with van der Waals surface area (Å²) in [5.74, 6) is -0.154. The number of para-hydroxylation sites is 1. The van der Waals surface area contributed by atoms with Crippen LogP contribution in [-0.4, -0.2) is 18.4 Å². The van der Waals surface area contributed by atoms with Crippen LogP contribution in [0.1, 0.15) is 28.4 Å². The standard InChI is InChI=1S/C18H18N2O2/c1-12-6-3-4-8-15(12)18(22)19-16-9-5-7-14-10-11-20(13(2)21)17(14)16/h3-9H,10-11H2,1-2H3,(H,19,22). The average Bonchev–Trinajstić information content (AvgIpc) is 2.93. The molecule has 2 amide bonds. The first kappa shape index (κ1) is 14.3. The maximum absolute atomic E-state index is 12.5. The van der Waals surface area contributed by atoms with Gasteiger partial charge in [0.2, 0.25) is 5.91 Å². The first-order valence-corrected chi connectivity index (χ1v) is 7.35. The van der Waals surface area contributed by atoms with E-state index in [1.54, 1.807) is 17.9 Å². The van der Waals surface area contributed by atoms with Crippen molar-refractivity contribution in [2.75, 3.05) is 16.8 Å². The summed E-state index contributed by atoms with van der Waals surface area (Å²) in [4.78, 5) is 26.0. The monoisotopic (exact) mass is 294 g/mol. The topological polar surface area (TPSA) is 49.4 Å². The van der Waals surface area contributed by atoms with Gasteiger partial charge in [-0.15, -0.1) is 0 Å². The molecular formula is C18H18N2O2. The van der Waals surface area contributed by atoms with Crippen LogP contribution < -0.4 is 10.2 Å². The Morgan fingerprint density at radius 2 is 1.86 bits per heavy atom. The predicted octanol–water partition coefficient (Wildman–Crippen LogP) is 3.16. The van der Waals surface area contributed by atoms with Gasteiger partial charge >= 0.3 is 0 Å². The zero-order valence-electron chi connectivity index (χ0n) is 12.7. The van der Waals surface area contributed by atoms with Gasteiger partial charge in [0.15, 0.2) is 0 Å². The fourth-order valence-corrected chi connectivity index (χ4v) is 2.89. The molecule has 0 radical (unpaired) electrons. The molecule has 3 rings (SSSR count). The van der Waals surface area contributed by atoms with Crippen molar-refractivity contribution in [3.8, 4) is 0 Å². The quantitative estimate of drug-likeness (QED) is 0.925. The van der Waals surface area contributed by atoms with Crippen molar-refractivity contribution in [2.24, 2.45) is 0 Å². The van der Waals surface area contributed by atoms with Crippen molar-refractivity contribution in [2.45, 2.75) is 20.3 Å². The van der Waals surface area contributed by atoms with E-state index in [-0.39, 0.29) is 11.8 Å². The number of aryl methyl sites for hydroxylation is 1. The van der Waals surface area contributed by atoms with E-state index >= 15 is 0 Å². The summed E-state index contributed by atoms with van der Waals surface area (Å²) >= 11 is 0. The van der Waals surface area contributed by atoms with Crippen LogP contribution in [0.2, 0.25) is 0 Å². The summed E-state index contributed by atoms with van der Waals surface area (Å²) in [6.07, 6.45) is 0.822. The third-order valence-corrected chi connectivity index (χ3v) is 4.01. The molecule has 112 valence electrons. The molecule has 1 aliphatic rings. The SMILES string of the molecule is CC(=O)N1CCc2cccc(NC(=O)c3ccccc3C)c21. The van der Waals surface area contributed by atoms with Crippen molar-refractivity contribution < 1.29 is 9.59 Å². The number of nitrogens with zero attached hydrogens (tertiary/aromatic N) is 1. The molecular weight excluding hydrogens is 276 g/mol. The zero-order chi connectivity index (χ0) is 15.7. The lowest BCUT2D eigenvalue weighted by Gasteiger charge is -2.19. The predicted molar refractivity (Wildman–Crippen MR) is 87.3 cm³/mol. The number of benzene rings is 2. The minimum atomic E-state index is -0.151. The van der Waals surface area contributed by atoms with Crippen LogP contribution in [0.3, 0.4) is 0 Å². The van der Waals surface area contributed by atoms with Crippen LogP contribution in [0, 0.1) is 6.92 Å². The minimum Gasteiger partial charge on any atom is -0.320 e. The van der Waals surface area contributed by atoms with Gasteiger partial charge in [-0.2, -0.15) is 0 Å². The molecule has 0 aliphatic carbocycles. The lowest BCUT2D eigenvalue weighted by Crippen LogP contribution is -2.27. The second kappa shape index (κ2) is 5.64. The number of fused-ring (bicyclic) bond motifs is 1. The number of amides is 2. The van der Waals surface area contributed by atoms with Gasteiger partial charge in [-0.3, -0.25) is 9.59 Å². The van der Waals surface area contributed by atoms with Crippen molar-refractivity contribution in [1.29, 1.82) is 0 Å². The Labute approximate surface area is 129 Å². The molecule has 1 heterocycles. The second-order valence-electron chi connectivity index (χ2n) is 5.50. The molecule has 1 N–H and O–H groups in total. The van der Waals surface area contributed by atoms with Crippen molar-refractivity contribution in [3.05, 3.63) is 59.2 Å². The first-order valence-electron chi connectivity index (χ1n) is 7.35. The molecule has 4 nitrogen and oxygen atoms in total. The summed E-state index contributed by atoms with van der Waals surface area (Å²) in [5.41, 5.74) is 4.19. The highest BCUT2D eigenvalue weighted by Gasteiger charge is 2.25. The molecule has 0 aromatic heterocycles. The Morgan fingerprint density at radius 3 is 2.59 bits per heavy atom. The largest absolute Gasteiger partial charge is 0.320 e. The Hall–Kier alpha value is -2.62. The summed E-state index contributed by atoms with van der Waals surface area (Å²) < 4.78 is 0. The van der Waals surface area contributed by atoms with Crippen molar-refractivity contribution in [1.82, 2.24) is 0 Å². The van der Waals surface area contributed by atoms with Gasteiger partial charge in [0.1, 0.15) is 0 Å². The molecule has 0 atom stereocenters. The van der Waals surface area contributed by atoms with Crippen LogP contribution in [0.25, 0.3) is 0 Å². The number of hydrogen-bond acceptors (Lipinski definition) is 2. The van der Waals surface area contributed by atoms with E-state index in [2.05, 4.69) is 5.32 Å². The van der Waals surface area contributed by atoms with Crippen LogP contribution in [-0.2, 0) is 11.2 Å². The maximum Gasteiger partial charge on any atom is 0.255 e. The lowest BCUT2D eigenvalue weighted by atomic mass is 10.1. The highest BCUT2D eigenvalue weighted by Crippen LogP contribution is 2.35. The Kier molecular flexibility index (Phi) is 3.67. The smallest absolute Gasteiger partial charge is 0.255 e. The van der Waals surface area contributed by atoms with Crippen molar-refractivity contribution in [3.63, 3.8) is 0 Å². The minimum absolute atomic E-state index is 0.00339. The number of rotatable bonds is 2. The summed E-state index contributed by atoms with van der Waals surface area (Å²) in [7, 11) is 0. The van der Waals surface area contributed by atoms with Crippen molar-refractivity contribution >= 4 is 23.2 Å². The van der Waals surface area contributed by atoms with E-state index in [1.807, 2.05) is 43.3 Å². The molecule has 1 aliphatic heterocycles. The molecule has 0 bridgehead atoms. The number of carbonyl (C=O) groups is 2. The second-order valence-corrected chi connectivity index (χ2v) is 5.50. The lowest BCUT2D eigenvalue weighted by molar-refractivity contribution is -0.116. The molecule has 0 fully saturated rings. The van der Waals surface area contributed by atoms with E-state index in [0.717, 1.165) is 23.2 Å². The number of carbonyl (C=O) groups excluding carboxylic acids is 2. The third-order valence-electron chi connectivity index (χ3n) is 4.01. The van der Waals surface area contributed by atoms with Gasteiger partial charge in [0, 0.05) is 19.0 Å². The van der Waals surface area contributed by atoms with E-state index in [1.165, 1.54) is 0 Å². The van der Waals surface area contributed by atoms with Crippen LogP contribution in [0.15, 0.2) is 42.5 Å². The molecule has 0 unspecified atom stereocenters. The molecule has 22 heavy (non-hydrogen) atoms. The van der Waals surface area contributed by atoms with E-state index < -0.39 is 0 Å².